The molecule has 42 heavy (non-hydrogen) atoms. The van der Waals surface area contributed by atoms with Crippen molar-refractivity contribution in [3.8, 4) is 22.8 Å². The fraction of sp³-hybridized carbons (Fsp3) is 0.188. The molecule has 10 heteroatoms. The molecule has 0 saturated carbocycles. The summed E-state index contributed by atoms with van der Waals surface area (Å²) in [5.41, 5.74) is 4.11. The minimum absolute atomic E-state index is 0.0675. The number of anilines is 2. The van der Waals surface area contributed by atoms with E-state index in [-0.39, 0.29) is 18.3 Å². The molecule has 0 radical (unpaired) electrons. The molecule has 2 aromatic heterocycles. The Morgan fingerprint density at radius 1 is 0.929 bits per heavy atom. The smallest absolute Gasteiger partial charge is 0.360 e. The SMILES string of the molecule is COC(=O)c1nc(-c2ccc3c(c2)N(C(=O)Nc2nc4ccccc4s2)CCC3)ccc1OCCOc1ccccc1. The van der Waals surface area contributed by atoms with Crippen molar-refractivity contribution in [3.63, 3.8) is 0 Å². The van der Waals surface area contributed by atoms with Crippen molar-refractivity contribution in [3.05, 3.63) is 96.2 Å². The van der Waals surface area contributed by atoms with Crippen molar-refractivity contribution in [2.45, 2.75) is 12.8 Å². The molecule has 212 valence electrons. The zero-order valence-electron chi connectivity index (χ0n) is 22.9. The number of benzene rings is 3. The highest BCUT2D eigenvalue weighted by Gasteiger charge is 2.25. The normalized spacial score (nSPS) is 12.5. The monoisotopic (exact) mass is 580 g/mol. The molecule has 0 bridgehead atoms. The summed E-state index contributed by atoms with van der Waals surface area (Å²) in [6.45, 7) is 1.09. The topological polar surface area (TPSA) is 103 Å². The Morgan fingerprint density at radius 3 is 2.57 bits per heavy atom. The molecule has 0 spiro atoms. The Morgan fingerprint density at radius 2 is 1.74 bits per heavy atom. The van der Waals surface area contributed by atoms with Crippen molar-refractivity contribution >= 4 is 44.4 Å². The van der Waals surface area contributed by atoms with Gasteiger partial charge >= 0.3 is 12.0 Å². The van der Waals surface area contributed by atoms with Crippen molar-refractivity contribution < 1.29 is 23.8 Å². The fourth-order valence-electron chi connectivity index (χ4n) is 4.82. The molecule has 0 saturated heterocycles. The van der Waals surface area contributed by atoms with Gasteiger partial charge in [0.2, 0.25) is 0 Å². The first-order valence-corrected chi connectivity index (χ1v) is 14.4. The quantitative estimate of drug-likeness (QED) is 0.163. The average molecular weight is 581 g/mol. The highest BCUT2D eigenvalue weighted by atomic mass is 32.1. The van der Waals surface area contributed by atoms with Crippen molar-refractivity contribution in [1.82, 2.24) is 9.97 Å². The number of rotatable bonds is 8. The number of pyridine rings is 1. The molecule has 0 unspecified atom stereocenters. The summed E-state index contributed by atoms with van der Waals surface area (Å²) in [5.74, 6) is 0.431. The van der Waals surface area contributed by atoms with Crippen molar-refractivity contribution in [2.24, 2.45) is 0 Å². The van der Waals surface area contributed by atoms with E-state index in [0.717, 1.165) is 45.6 Å². The average Bonchev–Trinajstić information content (AvgIpc) is 3.45. The molecule has 9 nitrogen and oxygen atoms in total. The van der Waals surface area contributed by atoms with Crippen LogP contribution < -0.4 is 19.7 Å². The number of hydrogen-bond acceptors (Lipinski definition) is 8. The van der Waals surface area contributed by atoms with Gasteiger partial charge in [-0.1, -0.05) is 53.8 Å². The number of urea groups is 1. The summed E-state index contributed by atoms with van der Waals surface area (Å²) in [4.78, 5) is 36.9. The van der Waals surface area contributed by atoms with Gasteiger partial charge in [-0.2, -0.15) is 0 Å². The van der Waals surface area contributed by atoms with Crippen molar-refractivity contribution in [1.29, 1.82) is 0 Å². The molecule has 2 amide bonds. The van der Waals surface area contributed by atoms with E-state index in [1.807, 2.05) is 72.8 Å². The molecule has 1 aliphatic rings. The Labute approximate surface area is 246 Å². The van der Waals surface area contributed by atoms with Crippen LogP contribution in [-0.2, 0) is 11.2 Å². The number of nitrogens with zero attached hydrogens (tertiary/aromatic N) is 3. The first-order chi connectivity index (χ1) is 20.6. The zero-order chi connectivity index (χ0) is 28.9. The molecule has 0 aliphatic carbocycles. The van der Waals surface area contributed by atoms with Gasteiger partial charge in [0.15, 0.2) is 16.6 Å². The number of ether oxygens (including phenoxy) is 3. The van der Waals surface area contributed by atoms with Gasteiger partial charge in [-0.3, -0.25) is 10.2 Å². The Kier molecular flexibility index (Phi) is 7.96. The zero-order valence-corrected chi connectivity index (χ0v) is 23.7. The Bertz CT molecular complexity index is 1710. The molecular weight excluding hydrogens is 552 g/mol. The van der Waals surface area contributed by atoms with Crippen LogP contribution in [0.4, 0.5) is 15.6 Å². The lowest BCUT2D eigenvalue weighted by Gasteiger charge is -2.29. The number of fused-ring (bicyclic) bond motifs is 2. The molecule has 1 N–H and O–H groups in total. The van der Waals surface area contributed by atoms with Gasteiger partial charge in [0, 0.05) is 17.8 Å². The summed E-state index contributed by atoms with van der Waals surface area (Å²) in [5, 5.41) is 3.52. The fourth-order valence-corrected chi connectivity index (χ4v) is 5.68. The molecule has 1 aliphatic heterocycles. The molecular formula is C32H28N4O5S. The summed E-state index contributed by atoms with van der Waals surface area (Å²) in [6.07, 6.45) is 1.71. The Hall–Kier alpha value is -4.96. The van der Waals surface area contributed by atoms with Crippen LogP contribution >= 0.6 is 11.3 Å². The number of para-hydroxylation sites is 2. The van der Waals surface area contributed by atoms with Gasteiger partial charge in [-0.15, -0.1) is 0 Å². The number of carbonyl (C=O) groups is 2. The summed E-state index contributed by atoms with van der Waals surface area (Å²) >= 11 is 1.44. The second kappa shape index (κ2) is 12.3. The second-order valence-corrected chi connectivity index (χ2v) is 10.6. The molecule has 6 rings (SSSR count). The number of amides is 2. The standard InChI is InChI=1S/C32H28N4O5S/c1-39-30(37)29-27(41-19-18-40-23-9-3-2-4-10-23)16-15-24(33-29)22-14-13-21-8-7-17-36(26(21)20-22)32(38)35-31-34-25-11-5-6-12-28(25)42-31/h2-6,9-16,20H,7-8,17-19H2,1H3,(H,34,35,38). The highest BCUT2D eigenvalue weighted by Crippen LogP contribution is 2.34. The second-order valence-electron chi connectivity index (χ2n) is 9.56. The number of methoxy groups -OCH3 is 1. The summed E-state index contributed by atoms with van der Waals surface area (Å²) in [7, 11) is 1.31. The van der Waals surface area contributed by atoms with Gasteiger partial charge in [0.1, 0.15) is 19.0 Å². The maximum atomic E-state index is 13.4. The predicted molar refractivity (Wildman–Crippen MR) is 163 cm³/mol. The van der Waals surface area contributed by atoms with E-state index in [4.69, 9.17) is 14.2 Å². The van der Waals surface area contributed by atoms with E-state index in [2.05, 4.69) is 15.3 Å². The lowest BCUT2D eigenvalue weighted by atomic mass is 9.98. The molecule has 5 aromatic rings. The van der Waals surface area contributed by atoms with E-state index in [9.17, 15) is 9.59 Å². The van der Waals surface area contributed by atoms with E-state index >= 15 is 0 Å². The number of aryl methyl sites for hydroxylation is 1. The van der Waals surface area contributed by atoms with Crippen LogP contribution in [0.5, 0.6) is 11.5 Å². The third kappa shape index (κ3) is 5.89. The van der Waals surface area contributed by atoms with Crippen LogP contribution in [0.25, 0.3) is 21.5 Å². The van der Waals surface area contributed by atoms with Crippen LogP contribution in [0.1, 0.15) is 22.5 Å². The maximum absolute atomic E-state index is 13.4. The van der Waals surface area contributed by atoms with Crippen LogP contribution in [0.2, 0.25) is 0 Å². The minimum Gasteiger partial charge on any atom is -0.490 e. The molecule has 3 aromatic carbocycles. The number of carbonyl (C=O) groups excluding carboxylic acids is 2. The van der Waals surface area contributed by atoms with E-state index in [1.165, 1.54) is 18.4 Å². The van der Waals surface area contributed by atoms with E-state index < -0.39 is 5.97 Å². The number of thiazole rings is 1. The Balaban J connectivity index is 1.21. The minimum atomic E-state index is -0.606. The van der Waals surface area contributed by atoms with E-state index in [0.29, 0.717) is 29.7 Å². The predicted octanol–water partition coefficient (Wildman–Crippen LogP) is 6.59. The van der Waals surface area contributed by atoms with Crippen molar-refractivity contribution in [2.75, 3.05) is 37.1 Å². The van der Waals surface area contributed by atoms with E-state index in [1.54, 1.807) is 17.0 Å². The number of esters is 1. The van der Waals surface area contributed by atoms with Crippen LogP contribution in [0, 0.1) is 0 Å². The van der Waals surface area contributed by atoms with Gasteiger partial charge < -0.3 is 14.2 Å². The molecule has 0 atom stereocenters. The first kappa shape index (κ1) is 27.2. The van der Waals surface area contributed by atoms with Crippen LogP contribution in [-0.4, -0.2) is 48.8 Å². The van der Waals surface area contributed by atoms with Crippen LogP contribution in [0.3, 0.4) is 0 Å². The lowest BCUT2D eigenvalue weighted by molar-refractivity contribution is 0.0588. The number of nitrogens with one attached hydrogen (secondary N) is 1. The third-order valence-corrected chi connectivity index (χ3v) is 7.79. The summed E-state index contributed by atoms with van der Waals surface area (Å²) < 4.78 is 17.5. The molecule has 3 heterocycles. The molecule has 0 fully saturated rings. The lowest BCUT2D eigenvalue weighted by Crippen LogP contribution is -2.38. The first-order valence-electron chi connectivity index (χ1n) is 13.6. The highest BCUT2D eigenvalue weighted by molar-refractivity contribution is 7.22. The largest absolute Gasteiger partial charge is 0.490 e. The third-order valence-electron chi connectivity index (χ3n) is 6.84. The van der Waals surface area contributed by atoms with Gasteiger partial charge in [-0.05, 0) is 60.9 Å². The van der Waals surface area contributed by atoms with Gasteiger partial charge in [0.25, 0.3) is 0 Å². The van der Waals surface area contributed by atoms with Gasteiger partial charge in [0.05, 0.1) is 23.0 Å². The van der Waals surface area contributed by atoms with Gasteiger partial charge in [-0.25, -0.2) is 19.6 Å². The number of hydrogen-bond donors (Lipinski definition) is 1. The van der Waals surface area contributed by atoms with Crippen LogP contribution in [0.15, 0.2) is 84.9 Å². The number of aromatic nitrogens is 2. The maximum Gasteiger partial charge on any atom is 0.360 e. The summed E-state index contributed by atoms with van der Waals surface area (Å²) in [6, 6.07) is 26.3.